The molecule has 2 aromatic heterocycles. The van der Waals surface area contributed by atoms with Crippen LogP contribution in [0.15, 0.2) is 35.3 Å². The number of H-pyrrole nitrogens is 1. The molecule has 0 aliphatic rings. The molecule has 0 saturated carbocycles. The van der Waals surface area contributed by atoms with E-state index in [4.69, 9.17) is 4.74 Å². The molecule has 6 nitrogen and oxygen atoms in total. The zero-order valence-corrected chi connectivity index (χ0v) is 11.6. The van der Waals surface area contributed by atoms with Crippen LogP contribution in [0.25, 0.3) is 12.2 Å². The standard InChI is InChI=1S/C15H14N2O4/c1-20-13-9-12(18)14(15(19)21-2)11(17-13)7-6-10-5-3-4-8-16-10/h3-9H,1-2H3,(H,17,18)/b7-6+. The van der Waals surface area contributed by atoms with Gasteiger partial charge in [-0.2, -0.15) is 0 Å². The van der Waals surface area contributed by atoms with Crippen molar-refractivity contribution in [2.45, 2.75) is 0 Å². The van der Waals surface area contributed by atoms with Gasteiger partial charge in [-0.25, -0.2) is 4.79 Å². The number of carbonyl (C=O) groups excluding carboxylic acids is 1. The largest absolute Gasteiger partial charge is 0.482 e. The summed E-state index contributed by atoms with van der Waals surface area (Å²) in [6.45, 7) is 0. The Hall–Kier alpha value is -2.89. The molecule has 0 fully saturated rings. The van der Waals surface area contributed by atoms with Crippen LogP contribution < -0.4 is 10.2 Å². The van der Waals surface area contributed by atoms with Gasteiger partial charge in [-0.05, 0) is 24.3 Å². The van der Waals surface area contributed by atoms with E-state index in [-0.39, 0.29) is 11.4 Å². The number of aromatic amines is 1. The number of carbonyl (C=O) groups is 1. The SMILES string of the molecule is COC(=O)c1c(/C=C/c2ccccn2)[nH]c(OC)cc1=O. The maximum atomic E-state index is 12.0. The molecular weight excluding hydrogens is 272 g/mol. The predicted octanol–water partition coefficient (Wildman–Crippen LogP) is 1.74. The Kier molecular flexibility index (Phi) is 4.50. The lowest BCUT2D eigenvalue weighted by atomic mass is 10.1. The molecule has 0 radical (unpaired) electrons. The third-order valence-corrected chi connectivity index (χ3v) is 2.75. The van der Waals surface area contributed by atoms with Crippen molar-refractivity contribution in [1.82, 2.24) is 9.97 Å². The Morgan fingerprint density at radius 1 is 1.29 bits per heavy atom. The van der Waals surface area contributed by atoms with Crippen LogP contribution in [0, 0.1) is 0 Å². The number of aromatic nitrogens is 2. The van der Waals surface area contributed by atoms with E-state index in [1.807, 2.05) is 6.07 Å². The molecule has 0 aliphatic heterocycles. The van der Waals surface area contributed by atoms with Crippen molar-refractivity contribution in [3.05, 3.63) is 57.6 Å². The van der Waals surface area contributed by atoms with Crippen molar-refractivity contribution in [2.75, 3.05) is 14.2 Å². The maximum absolute atomic E-state index is 12.0. The fraction of sp³-hybridized carbons (Fsp3) is 0.133. The van der Waals surface area contributed by atoms with Crippen LogP contribution in [-0.2, 0) is 4.74 Å². The van der Waals surface area contributed by atoms with Gasteiger partial charge in [0.25, 0.3) is 0 Å². The van der Waals surface area contributed by atoms with E-state index >= 15 is 0 Å². The Morgan fingerprint density at radius 2 is 2.10 bits per heavy atom. The van der Waals surface area contributed by atoms with E-state index in [2.05, 4.69) is 14.7 Å². The van der Waals surface area contributed by atoms with Gasteiger partial charge in [0.2, 0.25) is 5.43 Å². The quantitative estimate of drug-likeness (QED) is 0.866. The topological polar surface area (TPSA) is 81.3 Å². The second-order valence-corrected chi connectivity index (χ2v) is 4.07. The summed E-state index contributed by atoms with van der Waals surface area (Å²) >= 11 is 0. The number of nitrogens with one attached hydrogen (secondary N) is 1. The first-order valence-corrected chi connectivity index (χ1v) is 6.14. The molecule has 1 N–H and O–H groups in total. The zero-order valence-electron chi connectivity index (χ0n) is 11.6. The molecule has 6 heteroatoms. The molecule has 2 aromatic rings. The molecule has 0 unspecified atom stereocenters. The van der Waals surface area contributed by atoms with Gasteiger partial charge in [0.1, 0.15) is 5.56 Å². The molecular formula is C15H14N2O4. The van der Waals surface area contributed by atoms with Crippen LogP contribution in [0.4, 0.5) is 0 Å². The van der Waals surface area contributed by atoms with Crippen molar-refractivity contribution in [3.8, 4) is 5.88 Å². The summed E-state index contributed by atoms with van der Waals surface area (Å²) < 4.78 is 9.63. The minimum Gasteiger partial charge on any atom is -0.482 e. The molecule has 0 bridgehead atoms. The lowest BCUT2D eigenvalue weighted by Gasteiger charge is -2.06. The number of hydrogen-bond donors (Lipinski definition) is 1. The lowest BCUT2D eigenvalue weighted by Crippen LogP contribution is -2.19. The molecule has 0 amide bonds. The van der Waals surface area contributed by atoms with Crippen LogP contribution in [0.5, 0.6) is 5.88 Å². The van der Waals surface area contributed by atoms with Crippen molar-refractivity contribution in [3.63, 3.8) is 0 Å². The van der Waals surface area contributed by atoms with Gasteiger partial charge in [0, 0.05) is 12.3 Å². The molecule has 0 aromatic carbocycles. The fourth-order valence-electron chi connectivity index (χ4n) is 1.75. The average molecular weight is 286 g/mol. The molecule has 0 spiro atoms. The molecule has 0 saturated heterocycles. The Morgan fingerprint density at radius 3 is 2.71 bits per heavy atom. The van der Waals surface area contributed by atoms with Crippen molar-refractivity contribution >= 4 is 18.1 Å². The number of pyridine rings is 2. The number of methoxy groups -OCH3 is 2. The molecule has 2 heterocycles. The first-order valence-electron chi connectivity index (χ1n) is 6.14. The highest BCUT2D eigenvalue weighted by Gasteiger charge is 2.16. The molecule has 2 rings (SSSR count). The highest BCUT2D eigenvalue weighted by molar-refractivity contribution is 5.93. The second-order valence-electron chi connectivity index (χ2n) is 4.07. The average Bonchev–Trinajstić information content (AvgIpc) is 2.52. The monoisotopic (exact) mass is 286 g/mol. The van der Waals surface area contributed by atoms with Crippen molar-refractivity contribution < 1.29 is 14.3 Å². The Balaban J connectivity index is 2.50. The van der Waals surface area contributed by atoms with Gasteiger partial charge in [-0.1, -0.05) is 6.07 Å². The Labute approximate surface area is 121 Å². The van der Waals surface area contributed by atoms with E-state index in [0.29, 0.717) is 11.4 Å². The maximum Gasteiger partial charge on any atom is 0.344 e. The summed E-state index contributed by atoms with van der Waals surface area (Å²) in [4.78, 5) is 30.7. The molecule has 0 atom stereocenters. The molecule has 21 heavy (non-hydrogen) atoms. The minimum absolute atomic E-state index is 0.0783. The van der Waals surface area contributed by atoms with E-state index < -0.39 is 11.4 Å². The summed E-state index contributed by atoms with van der Waals surface area (Å²) in [5.74, 6) is -0.451. The van der Waals surface area contributed by atoms with Crippen LogP contribution >= 0.6 is 0 Å². The van der Waals surface area contributed by atoms with Crippen molar-refractivity contribution in [2.24, 2.45) is 0 Å². The summed E-state index contributed by atoms with van der Waals surface area (Å²) in [7, 11) is 2.65. The second kappa shape index (κ2) is 6.51. The minimum atomic E-state index is -0.709. The van der Waals surface area contributed by atoms with E-state index in [1.54, 1.807) is 30.5 Å². The number of rotatable bonds is 4. The normalized spacial score (nSPS) is 10.6. The summed E-state index contributed by atoms with van der Waals surface area (Å²) in [6.07, 6.45) is 4.91. The number of esters is 1. The van der Waals surface area contributed by atoms with Gasteiger partial charge in [-0.15, -0.1) is 0 Å². The highest BCUT2D eigenvalue weighted by Crippen LogP contribution is 2.12. The van der Waals surface area contributed by atoms with E-state index in [9.17, 15) is 9.59 Å². The van der Waals surface area contributed by atoms with E-state index in [0.717, 1.165) is 0 Å². The third-order valence-electron chi connectivity index (χ3n) is 2.75. The van der Waals surface area contributed by atoms with Crippen LogP contribution in [0.3, 0.4) is 0 Å². The first kappa shape index (κ1) is 14.5. The predicted molar refractivity (Wildman–Crippen MR) is 78.1 cm³/mol. The van der Waals surface area contributed by atoms with Gasteiger partial charge in [-0.3, -0.25) is 9.78 Å². The van der Waals surface area contributed by atoms with Gasteiger partial charge in [0.05, 0.1) is 25.6 Å². The lowest BCUT2D eigenvalue weighted by molar-refractivity contribution is 0.0598. The highest BCUT2D eigenvalue weighted by atomic mass is 16.5. The summed E-state index contributed by atoms with van der Waals surface area (Å²) in [6, 6.07) is 6.63. The van der Waals surface area contributed by atoms with Crippen molar-refractivity contribution in [1.29, 1.82) is 0 Å². The molecule has 0 aliphatic carbocycles. The van der Waals surface area contributed by atoms with Gasteiger partial charge < -0.3 is 14.5 Å². The Bertz CT molecular complexity index is 720. The summed E-state index contributed by atoms with van der Waals surface area (Å²) in [5, 5.41) is 0. The number of nitrogens with zero attached hydrogens (tertiary/aromatic N) is 1. The smallest absolute Gasteiger partial charge is 0.344 e. The number of ether oxygens (including phenoxy) is 2. The van der Waals surface area contributed by atoms with Gasteiger partial charge >= 0.3 is 5.97 Å². The first-order chi connectivity index (χ1) is 10.2. The van der Waals surface area contributed by atoms with Crippen LogP contribution in [0.2, 0.25) is 0 Å². The van der Waals surface area contributed by atoms with Crippen LogP contribution in [0.1, 0.15) is 21.7 Å². The van der Waals surface area contributed by atoms with Crippen LogP contribution in [-0.4, -0.2) is 30.2 Å². The zero-order chi connectivity index (χ0) is 15.2. The van der Waals surface area contributed by atoms with Gasteiger partial charge in [0.15, 0.2) is 5.88 Å². The fourth-order valence-corrected chi connectivity index (χ4v) is 1.75. The van der Waals surface area contributed by atoms with E-state index in [1.165, 1.54) is 20.3 Å². The number of hydrogen-bond acceptors (Lipinski definition) is 5. The molecule has 108 valence electrons. The third kappa shape index (κ3) is 3.36. The summed E-state index contributed by atoms with van der Waals surface area (Å²) in [5.41, 5.74) is 0.442.